The number of carbonyl (C=O) groups excluding carboxylic acids is 1. The molecule has 122 valence electrons. The highest BCUT2D eigenvalue weighted by Gasteiger charge is 2.66. The van der Waals surface area contributed by atoms with Gasteiger partial charge in [-0.15, -0.1) is 0 Å². The third-order valence-electron chi connectivity index (χ3n) is 8.72. The fourth-order valence-corrected chi connectivity index (χ4v) is 7.79. The Morgan fingerprint density at radius 2 is 1.77 bits per heavy atom. The van der Waals surface area contributed by atoms with Crippen molar-refractivity contribution in [1.29, 1.82) is 0 Å². The number of hydrogen-bond acceptors (Lipinski definition) is 3. The van der Waals surface area contributed by atoms with Crippen LogP contribution >= 0.6 is 0 Å². The fraction of sp³-hybridized carbons (Fsp3) is 0.947. The van der Waals surface area contributed by atoms with Gasteiger partial charge in [0.1, 0.15) is 0 Å². The molecule has 11 atom stereocenters. The first-order valence-corrected chi connectivity index (χ1v) is 9.42. The molecule has 11 unspecified atom stereocenters. The molecule has 5 rings (SSSR count). The normalized spacial score (nSPS) is 59.9. The predicted octanol–water partition coefficient (Wildman–Crippen LogP) is 2.72. The van der Waals surface area contributed by atoms with E-state index < -0.39 is 6.10 Å². The highest BCUT2D eigenvalue weighted by atomic mass is 16.5. The molecule has 1 aliphatic heterocycles. The van der Waals surface area contributed by atoms with E-state index in [1.807, 2.05) is 0 Å². The van der Waals surface area contributed by atoms with Crippen molar-refractivity contribution in [2.24, 2.45) is 59.2 Å². The minimum Gasteiger partial charge on any atom is -0.465 e. The maximum atomic E-state index is 11.8. The second kappa shape index (κ2) is 4.49. The van der Waals surface area contributed by atoms with Gasteiger partial charge in [-0.1, -0.05) is 13.8 Å². The molecule has 4 saturated carbocycles. The summed E-state index contributed by atoms with van der Waals surface area (Å²) in [7, 11) is 0. The molecular weight excluding hydrogens is 276 g/mol. The van der Waals surface area contributed by atoms with Crippen molar-refractivity contribution >= 4 is 5.97 Å². The largest absolute Gasteiger partial charge is 0.465 e. The topological polar surface area (TPSA) is 46.5 Å². The predicted molar refractivity (Wildman–Crippen MR) is 81.7 cm³/mol. The number of ether oxygens (including phenoxy) is 1. The highest BCUT2D eigenvalue weighted by Crippen LogP contribution is 2.71. The Hall–Kier alpha value is -0.570. The first-order chi connectivity index (χ1) is 10.6. The van der Waals surface area contributed by atoms with E-state index in [0.29, 0.717) is 18.4 Å². The summed E-state index contributed by atoms with van der Waals surface area (Å²) in [5.74, 6) is 6.90. The van der Waals surface area contributed by atoms with Crippen LogP contribution in [0.3, 0.4) is 0 Å². The molecule has 0 aromatic heterocycles. The van der Waals surface area contributed by atoms with Crippen LogP contribution in [0.15, 0.2) is 0 Å². The van der Waals surface area contributed by atoms with E-state index in [2.05, 4.69) is 13.8 Å². The van der Waals surface area contributed by atoms with Crippen LogP contribution in [-0.2, 0) is 9.53 Å². The molecule has 0 radical (unpaired) electrons. The molecular formula is C19H28O3. The summed E-state index contributed by atoms with van der Waals surface area (Å²) in [4.78, 5) is 11.8. The first kappa shape index (κ1) is 13.8. The summed E-state index contributed by atoms with van der Waals surface area (Å²) in [6, 6.07) is 0. The molecule has 0 aromatic carbocycles. The Labute approximate surface area is 132 Å². The Balaban J connectivity index is 1.39. The van der Waals surface area contributed by atoms with E-state index in [4.69, 9.17) is 4.74 Å². The molecule has 0 amide bonds. The molecule has 22 heavy (non-hydrogen) atoms. The van der Waals surface area contributed by atoms with Gasteiger partial charge in [-0.3, -0.25) is 4.79 Å². The lowest BCUT2D eigenvalue weighted by Crippen LogP contribution is -2.43. The molecule has 5 fully saturated rings. The molecule has 1 heterocycles. The number of esters is 1. The maximum absolute atomic E-state index is 11.8. The lowest BCUT2D eigenvalue weighted by molar-refractivity contribution is -0.146. The Kier molecular flexibility index (Phi) is 2.83. The summed E-state index contributed by atoms with van der Waals surface area (Å²) in [6.45, 7) is 5.43. The highest BCUT2D eigenvalue weighted by molar-refractivity contribution is 5.74. The number of fused-ring (bicyclic) bond motifs is 9. The number of rotatable bonds is 2. The monoisotopic (exact) mass is 304 g/mol. The summed E-state index contributed by atoms with van der Waals surface area (Å²) < 4.78 is 5.09. The van der Waals surface area contributed by atoms with E-state index in [9.17, 15) is 9.90 Å². The van der Waals surface area contributed by atoms with Crippen LogP contribution in [-0.4, -0.2) is 23.8 Å². The summed E-state index contributed by atoms with van der Waals surface area (Å²) in [5, 5.41) is 10.8. The molecule has 0 aromatic rings. The molecule has 5 aliphatic rings. The smallest absolute Gasteiger partial charge is 0.311 e. The van der Waals surface area contributed by atoms with Gasteiger partial charge in [0.2, 0.25) is 0 Å². The maximum Gasteiger partial charge on any atom is 0.311 e. The zero-order valence-electron chi connectivity index (χ0n) is 13.7. The van der Waals surface area contributed by atoms with Crippen LogP contribution in [0.4, 0.5) is 0 Å². The first-order valence-electron chi connectivity index (χ1n) is 9.42. The van der Waals surface area contributed by atoms with Crippen LogP contribution < -0.4 is 0 Å². The van der Waals surface area contributed by atoms with E-state index in [0.717, 1.165) is 47.8 Å². The molecule has 3 heteroatoms. The summed E-state index contributed by atoms with van der Waals surface area (Å²) >= 11 is 0. The number of aliphatic hydroxyl groups excluding tert-OH is 1. The zero-order chi connectivity index (χ0) is 15.2. The van der Waals surface area contributed by atoms with Gasteiger partial charge in [-0.05, 0) is 78.9 Å². The van der Waals surface area contributed by atoms with Gasteiger partial charge in [-0.2, -0.15) is 0 Å². The Bertz CT molecular complexity index is 503. The van der Waals surface area contributed by atoms with Gasteiger partial charge in [-0.25, -0.2) is 0 Å². The number of aliphatic hydroxyl groups is 1. The molecule has 4 aliphatic carbocycles. The van der Waals surface area contributed by atoms with Crippen LogP contribution in [0.1, 0.15) is 39.5 Å². The van der Waals surface area contributed by atoms with Crippen molar-refractivity contribution in [3.63, 3.8) is 0 Å². The van der Waals surface area contributed by atoms with Crippen LogP contribution in [0.2, 0.25) is 0 Å². The average molecular weight is 304 g/mol. The Morgan fingerprint density at radius 1 is 1.05 bits per heavy atom. The SMILES string of the molecule is CC1C(C)C2CC1C1C3CC(C(O)C4CCOC4=O)C(C3)C21. The van der Waals surface area contributed by atoms with E-state index in [1.165, 1.54) is 19.3 Å². The van der Waals surface area contributed by atoms with Crippen molar-refractivity contribution < 1.29 is 14.6 Å². The van der Waals surface area contributed by atoms with Gasteiger partial charge >= 0.3 is 5.97 Å². The second-order valence-corrected chi connectivity index (χ2v) is 9.05. The number of carbonyl (C=O) groups is 1. The second-order valence-electron chi connectivity index (χ2n) is 9.05. The van der Waals surface area contributed by atoms with Gasteiger partial charge in [0.25, 0.3) is 0 Å². The van der Waals surface area contributed by atoms with Crippen LogP contribution in [0.5, 0.6) is 0 Å². The third-order valence-corrected chi connectivity index (χ3v) is 8.72. The molecule has 4 bridgehead atoms. The van der Waals surface area contributed by atoms with E-state index in [1.54, 1.807) is 0 Å². The van der Waals surface area contributed by atoms with Crippen molar-refractivity contribution in [2.45, 2.75) is 45.6 Å². The molecule has 1 saturated heterocycles. The van der Waals surface area contributed by atoms with Gasteiger partial charge in [0.15, 0.2) is 0 Å². The van der Waals surface area contributed by atoms with E-state index in [-0.39, 0.29) is 11.9 Å². The third kappa shape index (κ3) is 1.54. The fourth-order valence-electron chi connectivity index (χ4n) is 7.79. The van der Waals surface area contributed by atoms with Gasteiger partial charge < -0.3 is 9.84 Å². The van der Waals surface area contributed by atoms with Crippen molar-refractivity contribution in [1.82, 2.24) is 0 Å². The lowest BCUT2D eigenvalue weighted by Gasteiger charge is -2.45. The minimum absolute atomic E-state index is 0.151. The summed E-state index contributed by atoms with van der Waals surface area (Å²) in [6.07, 6.45) is 4.21. The number of cyclic esters (lactones) is 1. The van der Waals surface area contributed by atoms with Crippen molar-refractivity contribution in [3.05, 3.63) is 0 Å². The van der Waals surface area contributed by atoms with Crippen molar-refractivity contribution in [3.8, 4) is 0 Å². The van der Waals surface area contributed by atoms with Crippen LogP contribution in [0.25, 0.3) is 0 Å². The summed E-state index contributed by atoms with van der Waals surface area (Å²) in [5.41, 5.74) is 0. The lowest BCUT2D eigenvalue weighted by atomic mass is 9.61. The molecule has 1 N–H and O–H groups in total. The number of hydrogen-bond donors (Lipinski definition) is 1. The standard InChI is InChI=1S/C19H28O3/c1-8-9(2)13-7-12(8)16-10-5-14(17(13)16)15(6-10)18(20)11-3-4-22-19(11)21/h8-18,20H,3-7H2,1-2H3. The van der Waals surface area contributed by atoms with Crippen LogP contribution in [0, 0.1) is 59.2 Å². The van der Waals surface area contributed by atoms with Gasteiger partial charge in [0.05, 0.1) is 18.6 Å². The minimum atomic E-state index is -0.446. The van der Waals surface area contributed by atoms with E-state index >= 15 is 0 Å². The molecule has 3 nitrogen and oxygen atoms in total. The quantitative estimate of drug-likeness (QED) is 0.630. The van der Waals surface area contributed by atoms with Crippen molar-refractivity contribution in [2.75, 3.05) is 6.61 Å². The average Bonchev–Trinajstić information content (AvgIpc) is 3.26. The van der Waals surface area contributed by atoms with Gasteiger partial charge in [0, 0.05) is 0 Å². The zero-order valence-corrected chi connectivity index (χ0v) is 13.7. The molecule has 0 spiro atoms. The Morgan fingerprint density at radius 3 is 2.45 bits per heavy atom.